The minimum Gasteiger partial charge on any atom is -0.481 e. The van der Waals surface area contributed by atoms with Crippen molar-refractivity contribution in [3.63, 3.8) is 0 Å². The van der Waals surface area contributed by atoms with Gasteiger partial charge in [0.25, 0.3) is 0 Å². The third-order valence-electron chi connectivity index (χ3n) is 2.49. The molecular weight excluding hydrogens is 220 g/mol. The lowest BCUT2D eigenvalue weighted by molar-refractivity contribution is -0.147. The molecule has 0 aliphatic heterocycles. The number of hydrogen-bond donors (Lipinski definition) is 1. The van der Waals surface area contributed by atoms with Crippen molar-refractivity contribution in [2.45, 2.75) is 40.5 Å². The average Bonchev–Trinajstić information content (AvgIpc) is 2.21. The van der Waals surface area contributed by atoms with Crippen LogP contribution in [0.4, 0.5) is 0 Å². The predicted molar refractivity (Wildman–Crippen MR) is 67.1 cm³/mol. The van der Waals surface area contributed by atoms with Gasteiger partial charge in [-0.15, -0.1) is 0 Å². The van der Waals surface area contributed by atoms with Crippen LogP contribution in [0.3, 0.4) is 0 Å². The third kappa shape index (κ3) is 9.12. The zero-order valence-corrected chi connectivity index (χ0v) is 11.5. The molecule has 0 unspecified atom stereocenters. The Bertz CT molecular complexity index is 211. The molecule has 0 aromatic rings. The topological polar surface area (TPSA) is 55.8 Å². The van der Waals surface area contributed by atoms with Crippen molar-refractivity contribution < 1.29 is 19.4 Å². The molecule has 17 heavy (non-hydrogen) atoms. The molecule has 0 aromatic carbocycles. The van der Waals surface area contributed by atoms with Crippen LogP contribution < -0.4 is 0 Å². The van der Waals surface area contributed by atoms with Gasteiger partial charge in [-0.2, -0.15) is 0 Å². The summed E-state index contributed by atoms with van der Waals surface area (Å²) in [6.07, 6.45) is 1.40. The van der Waals surface area contributed by atoms with E-state index in [9.17, 15) is 4.79 Å². The Morgan fingerprint density at radius 3 is 2.29 bits per heavy atom. The lowest BCUT2D eigenvalue weighted by atomic mass is 9.88. The molecule has 0 atom stereocenters. The third-order valence-corrected chi connectivity index (χ3v) is 2.49. The first-order valence-corrected chi connectivity index (χ1v) is 6.25. The second-order valence-electron chi connectivity index (χ2n) is 5.37. The molecule has 0 spiro atoms. The zero-order chi connectivity index (χ0) is 13.3. The highest BCUT2D eigenvalue weighted by Gasteiger charge is 2.25. The molecule has 0 heterocycles. The van der Waals surface area contributed by atoms with Gasteiger partial charge in [0.1, 0.15) is 0 Å². The highest BCUT2D eigenvalue weighted by atomic mass is 16.5. The van der Waals surface area contributed by atoms with E-state index in [1.54, 1.807) is 13.8 Å². The first-order chi connectivity index (χ1) is 7.86. The highest BCUT2D eigenvalue weighted by Crippen LogP contribution is 2.22. The van der Waals surface area contributed by atoms with Gasteiger partial charge in [0.15, 0.2) is 0 Å². The Balaban J connectivity index is 3.33. The lowest BCUT2D eigenvalue weighted by Gasteiger charge is -2.18. The standard InChI is InChI=1S/C13H26O4/c1-11(2)10-17-9-8-16-7-5-6-13(3,4)12(14)15/h11H,5-10H2,1-4H3,(H,14,15). The van der Waals surface area contributed by atoms with E-state index < -0.39 is 11.4 Å². The van der Waals surface area contributed by atoms with Crippen LogP contribution in [0.1, 0.15) is 40.5 Å². The number of rotatable bonds is 10. The van der Waals surface area contributed by atoms with Gasteiger partial charge in [0.05, 0.1) is 18.6 Å². The van der Waals surface area contributed by atoms with E-state index in [0.29, 0.717) is 32.2 Å². The smallest absolute Gasteiger partial charge is 0.309 e. The number of carboxylic acid groups (broad SMARTS) is 1. The van der Waals surface area contributed by atoms with Crippen LogP contribution in [0.15, 0.2) is 0 Å². The molecule has 0 radical (unpaired) electrons. The predicted octanol–water partition coefficient (Wildman–Crippen LogP) is 2.57. The maximum absolute atomic E-state index is 10.8. The summed E-state index contributed by atoms with van der Waals surface area (Å²) in [5.74, 6) is -0.205. The van der Waals surface area contributed by atoms with E-state index in [2.05, 4.69) is 13.8 Å². The van der Waals surface area contributed by atoms with Crippen LogP contribution in [0.5, 0.6) is 0 Å². The molecule has 1 N–H and O–H groups in total. The molecule has 0 rings (SSSR count). The van der Waals surface area contributed by atoms with Gasteiger partial charge in [-0.25, -0.2) is 0 Å². The monoisotopic (exact) mass is 246 g/mol. The van der Waals surface area contributed by atoms with Crippen LogP contribution >= 0.6 is 0 Å². The second-order valence-corrected chi connectivity index (χ2v) is 5.37. The molecular formula is C13H26O4. The van der Waals surface area contributed by atoms with Crippen LogP contribution in [0, 0.1) is 11.3 Å². The summed E-state index contributed by atoms with van der Waals surface area (Å²) in [7, 11) is 0. The van der Waals surface area contributed by atoms with Crippen LogP contribution in [0.2, 0.25) is 0 Å². The summed E-state index contributed by atoms with van der Waals surface area (Å²) < 4.78 is 10.7. The average molecular weight is 246 g/mol. The van der Waals surface area contributed by atoms with E-state index >= 15 is 0 Å². The fourth-order valence-electron chi connectivity index (χ4n) is 1.26. The highest BCUT2D eigenvalue weighted by molar-refractivity contribution is 5.73. The van der Waals surface area contributed by atoms with Crippen molar-refractivity contribution in [3.05, 3.63) is 0 Å². The number of ether oxygens (including phenoxy) is 2. The molecule has 0 bridgehead atoms. The van der Waals surface area contributed by atoms with Crippen LogP contribution in [-0.4, -0.2) is 37.5 Å². The number of carboxylic acids is 1. The summed E-state index contributed by atoms with van der Waals surface area (Å²) in [5, 5.41) is 8.91. The maximum atomic E-state index is 10.8. The number of hydrogen-bond acceptors (Lipinski definition) is 3. The van der Waals surface area contributed by atoms with Gasteiger partial charge in [-0.1, -0.05) is 13.8 Å². The Morgan fingerprint density at radius 2 is 1.76 bits per heavy atom. The zero-order valence-electron chi connectivity index (χ0n) is 11.5. The second kappa shape index (κ2) is 8.48. The summed E-state index contributed by atoms with van der Waals surface area (Å²) in [6, 6.07) is 0. The summed E-state index contributed by atoms with van der Waals surface area (Å²) in [6.45, 7) is 10.2. The van der Waals surface area contributed by atoms with Crippen molar-refractivity contribution in [1.82, 2.24) is 0 Å². The van der Waals surface area contributed by atoms with Crippen LogP contribution in [0.25, 0.3) is 0 Å². The SMILES string of the molecule is CC(C)COCCOCCCC(C)(C)C(=O)O. The van der Waals surface area contributed by atoms with Crippen LogP contribution in [-0.2, 0) is 14.3 Å². The molecule has 0 saturated heterocycles. The van der Waals surface area contributed by atoms with E-state index in [4.69, 9.17) is 14.6 Å². The lowest BCUT2D eigenvalue weighted by Crippen LogP contribution is -2.24. The largest absolute Gasteiger partial charge is 0.481 e. The van der Waals surface area contributed by atoms with Gasteiger partial charge < -0.3 is 14.6 Å². The van der Waals surface area contributed by atoms with E-state index in [1.807, 2.05) is 0 Å². The number of carbonyl (C=O) groups is 1. The molecule has 0 aliphatic carbocycles. The van der Waals surface area contributed by atoms with E-state index in [0.717, 1.165) is 13.0 Å². The quantitative estimate of drug-likeness (QED) is 0.602. The first-order valence-electron chi connectivity index (χ1n) is 6.25. The van der Waals surface area contributed by atoms with E-state index in [1.165, 1.54) is 0 Å². The molecule has 4 nitrogen and oxygen atoms in total. The molecule has 0 amide bonds. The van der Waals surface area contributed by atoms with Gasteiger partial charge in [0.2, 0.25) is 0 Å². The molecule has 102 valence electrons. The van der Waals surface area contributed by atoms with Crippen molar-refractivity contribution in [3.8, 4) is 0 Å². The van der Waals surface area contributed by atoms with Crippen molar-refractivity contribution in [2.24, 2.45) is 11.3 Å². The van der Waals surface area contributed by atoms with Crippen molar-refractivity contribution >= 4 is 5.97 Å². The Morgan fingerprint density at radius 1 is 1.18 bits per heavy atom. The molecule has 0 fully saturated rings. The van der Waals surface area contributed by atoms with Gasteiger partial charge in [-0.05, 0) is 32.6 Å². The fraction of sp³-hybridized carbons (Fsp3) is 0.923. The van der Waals surface area contributed by atoms with Gasteiger partial charge >= 0.3 is 5.97 Å². The molecule has 4 heteroatoms. The van der Waals surface area contributed by atoms with Gasteiger partial charge in [0, 0.05) is 13.2 Å². The maximum Gasteiger partial charge on any atom is 0.309 e. The first kappa shape index (κ1) is 16.4. The minimum absolute atomic E-state index is 0.548. The van der Waals surface area contributed by atoms with Crippen molar-refractivity contribution in [2.75, 3.05) is 26.4 Å². The Kier molecular flexibility index (Phi) is 8.17. The molecule has 0 saturated carbocycles. The normalized spacial score (nSPS) is 12.1. The fourth-order valence-corrected chi connectivity index (χ4v) is 1.26. The van der Waals surface area contributed by atoms with Gasteiger partial charge in [-0.3, -0.25) is 4.79 Å². The minimum atomic E-state index is -0.752. The molecule has 0 aromatic heterocycles. The Labute approximate surface area is 104 Å². The summed E-state index contributed by atoms with van der Waals surface area (Å²) in [4.78, 5) is 10.8. The summed E-state index contributed by atoms with van der Waals surface area (Å²) >= 11 is 0. The number of aliphatic carboxylic acids is 1. The summed E-state index contributed by atoms with van der Waals surface area (Å²) in [5.41, 5.74) is -0.655. The Hall–Kier alpha value is -0.610. The van der Waals surface area contributed by atoms with Crippen molar-refractivity contribution in [1.29, 1.82) is 0 Å². The van der Waals surface area contributed by atoms with E-state index in [-0.39, 0.29) is 0 Å². The molecule has 0 aliphatic rings.